The van der Waals surface area contributed by atoms with Crippen LogP contribution >= 0.6 is 15.9 Å². The van der Waals surface area contributed by atoms with Crippen molar-refractivity contribution in [1.29, 1.82) is 0 Å². The van der Waals surface area contributed by atoms with E-state index in [9.17, 15) is 0 Å². The first-order chi connectivity index (χ1) is 6.81. The zero-order valence-corrected chi connectivity index (χ0v) is 9.13. The maximum atomic E-state index is 6.73. The number of nitrogens with one attached hydrogen (secondary N) is 1. The summed E-state index contributed by atoms with van der Waals surface area (Å²) < 4.78 is 1.07. The van der Waals surface area contributed by atoms with Gasteiger partial charge >= 0.3 is 0 Å². The molecule has 0 aliphatic carbocycles. The molecule has 0 fully saturated rings. The van der Waals surface area contributed by atoms with Gasteiger partial charge in [-0.3, -0.25) is 0 Å². The molecule has 0 saturated heterocycles. The van der Waals surface area contributed by atoms with Crippen molar-refractivity contribution in [3.8, 4) is 0 Å². The van der Waals surface area contributed by atoms with Crippen molar-refractivity contribution in [2.24, 2.45) is 0 Å². The lowest BCUT2D eigenvalue weighted by atomic mass is 10.2. The Morgan fingerprint density at radius 1 is 1.43 bits per heavy atom. The van der Waals surface area contributed by atoms with E-state index in [0.717, 1.165) is 22.1 Å². The van der Waals surface area contributed by atoms with Gasteiger partial charge in [-0.05, 0) is 28.1 Å². The number of hydrogen-bond acceptors (Lipinski definition) is 0. The second-order valence-electron chi connectivity index (χ2n) is 3.13. The molecule has 0 bridgehead atoms. The lowest BCUT2D eigenvalue weighted by Crippen LogP contribution is -1.86. The number of H-pyrrole nitrogens is 1. The number of para-hydroxylation sites is 1. The van der Waals surface area contributed by atoms with Crippen molar-refractivity contribution >= 4 is 26.8 Å². The molecule has 1 aromatic carbocycles. The molecule has 0 aliphatic heterocycles. The molecule has 0 unspecified atom stereocenters. The Morgan fingerprint density at radius 3 is 3.00 bits per heavy atom. The van der Waals surface area contributed by atoms with Gasteiger partial charge in [0.2, 0.25) is 6.54 Å². The molecular formula is C11H9BrN2. The Balaban J connectivity index is 2.42. The van der Waals surface area contributed by atoms with Gasteiger partial charge in [0.15, 0.2) is 0 Å². The minimum Gasteiger partial charge on any atom is -0.357 e. The van der Waals surface area contributed by atoms with Gasteiger partial charge in [0.25, 0.3) is 0 Å². The van der Waals surface area contributed by atoms with E-state index in [1.807, 2.05) is 12.1 Å². The molecule has 0 saturated carbocycles. The summed E-state index contributed by atoms with van der Waals surface area (Å²) in [6.45, 7) is 7.28. The van der Waals surface area contributed by atoms with Crippen LogP contribution in [0.5, 0.6) is 0 Å². The molecular weight excluding hydrogens is 240 g/mol. The molecule has 2 aromatic rings. The molecule has 1 aromatic heterocycles. The van der Waals surface area contributed by atoms with Crippen LogP contribution in [-0.4, -0.2) is 11.5 Å². The van der Waals surface area contributed by atoms with Crippen LogP contribution in [-0.2, 0) is 6.42 Å². The number of fused-ring (bicyclic) bond motifs is 1. The number of aromatic nitrogens is 1. The quantitative estimate of drug-likeness (QED) is 0.787. The molecule has 0 radical (unpaired) electrons. The highest BCUT2D eigenvalue weighted by molar-refractivity contribution is 9.10. The number of aromatic amines is 1. The van der Waals surface area contributed by atoms with Crippen LogP contribution in [0.15, 0.2) is 28.7 Å². The largest absolute Gasteiger partial charge is 0.357 e. The van der Waals surface area contributed by atoms with E-state index >= 15 is 0 Å². The van der Waals surface area contributed by atoms with Crippen LogP contribution in [0.1, 0.15) is 5.69 Å². The first-order valence-corrected chi connectivity index (χ1v) is 5.20. The van der Waals surface area contributed by atoms with Crippen molar-refractivity contribution in [2.45, 2.75) is 6.42 Å². The standard InChI is InChI=1S/C11H9BrN2/c1-13-6-5-9-7-8-3-2-4-10(12)11(8)14-9/h2-4,7,14H,5-6H2. The summed E-state index contributed by atoms with van der Waals surface area (Å²) in [4.78, 5) is 6.65. The Bertz CT molecular complexity index is 493. The number of hydrogen-bond donors (Lipinski definition) is 1. The van der Waals surface area contributed by atoms with Crippen molar-refractivity contribution in [3.63, 3.8) is 0 Å². The molecule has 0 amide bonds. The summed E-state index contributed by atoms with van der Waals surface area (Å²) >= 11 is 3.49. The Hall–Kier alpha value is -1.27. The van der Waals surface area contributed by atoms with Crippen molar-refractivity contribution in [3.05, 3.63) is 45.8 Å². The van der Waals surface area contributed by atoms with Crippen LogP contribution < -0.4 is 0 Å². The van der Waals surface area contributed by atoms with Gasteiger partial charge in [0, 0.05) is 15.6 Å². The van der Waals surface area contributed by atoms with Crippen molar-refractivity contribution in [1.82, 2.24) is 4.98 Å². The van der Waals surface area contributed by atoms with E-state index in [2.05, 4.69) is 37.9 Å². The molecule has 0 aliphatic rings. The molecule has 2 nitrogen and oxygen atoms in total. The normalized spacial score (nSPS) is 10.3. The van der Waals surface area contributed by atoms with Crippen LogP contribution in [0, 0.1) is 6.57 Å². The van der Waals surface area contributed by atoms with Gasteiger partial charge in [0.05, 0.1) is 11.9 Å². The minimum absolute atomic E-state index is 0.546. The van der Waals surface area contributed by atoms with E-state index < -0.39 is 0 Å². The highest BCUT2D eigenvalue weighted by Crippen LogP contribution is 2.23. The van der Waals surface area contributed by atoms with Gasteiger partial charge in [-0.1, -0.05) is 12.1 Å². The van der Waals surface area contributed by atoms with Crippen LogP contribution in [0.4, 0.5) is 0 Å². The number of halogens is 1. The molecule has 70 valence electrons. The molecule has 14 heavy (non-hydrogen) atoms. The van der Waals surface area contributed by atoms with Gasteiger partial charge in [-0.25, -0.2) is 6.57 Å². The topological polar surface area (TPSA) is 20.1 Å². The summed E-state index contributed by atoms with van der Waals surface area (Å²) in [5, 5.41) is 1.19. The summed E-state index contributed by atoms with van der Waals surface area (Å²) in [6.07, 6.45) is 0.796. The fourth-order valence-electron chi connectivity index (χ4n) is 1.49. The first kappa shape index (κ1) is 9.29. The molecule has 1 N–H and O–H groups in total. The summed E-state index contributed by atoms with van der Waals surface area (Å²) in [6, 6.07) is 8.19. The number of nitrogens with zero attached hydrogens (tertiary/aromatic N) is 1. The SMILES string of the molecule is [C-]#[N+]CCc1cc2cccc(Br)c2[nH]1. The van der Waals surface area contributed by atoms with Crippen LogP contribution in [0.25, 0.3) is 15.7 Å². The van der Waals surface area contributed by atoms with E-state index in [1.54, 1.807) is 0 Å². The average Bonchev–Trinajstić information content (AvgIpc) is 2.59. The highest BCUT2D eigenvalue weighted by Gasteiger charge is 2.03. The van der Waals surface area contributed by atoms with E-state index in [1.165, 1.54) is 5.39 Å². The van der Waals surface area contributed by atoms with Crippen molar-refractivity contribution < 1.29 is 0 Å². The van der Waals surface area contributed by atoms with Crippen molar-refractivity contribution in [2.75, 3.05) is 6.54 Å². The third-order valence-corrected chi connectivity index (χ3v) is 2.81. The second kappa shape index (κ2) is 3.85. The van der Waals surface area contributed by atoms with Gasteiger partial charge in [0.1, 0.15) is 0 Å². The fraction of sp³-hybridized carbons (Fsp3) is 0.182. The minimum atomic E-state index is 0.546. The zero-order valence-electron chi connectivity index (χ0n) is 7.55. The molecule has 0 atom stereocenters. The predicted octanol–water partition coefficient (Wildman–Crippen LogP) is 3.39. The van der Waals surface area contributed by atoms with Crippen LogP contribution in [0.3, 0.4) is 0 Å². The Morgan fingerprint density at radius 2 is 2.29 bits per heavy atom. The Labute approximate surface area is 90.9 Å². The average molecular weight is 249 g/mol. The zero-order chi connectivity index (χ0) is 9.97. The molecule has 3 heteroatoms. The molecule has 2 rings (SSSR count). The predicted molar refractivity (Wildman–Crippen MR) is 61.2 cm³/mol. The number of benzene rings is 1. The maximum Gasteiger partial charge on any atom is 0.220 e. The fourth-order valence-corrected chi connectivity index (χ4v) is 1.97. The van der Waals surface area contributed by atoms with Gasteiger partial charge < -0.3 is 9.83 Å². The molecule has 0 spiro atoms. The third kappa shape index (κ3) is 1.66. The number of rotatable bonds is 2. The highest BCUT2D eigenvalue weighted by atomic mass is 79.9. The first-order valence-electron chi connectivity index (χ1n) is 4.40. The molecule has 1 heterocycles. The summed E-state index contributed by atoms with van der Waals surface area (Å²) in [7, 11) is 0. The maximum absolute atomic E-state index is 6.73. The Kier molecular flexibility index (Phi) is 2.55. The summed E-state index contributed by atoms with van der Waals surface area (Å²) in [5.74, 6) is 0. The van der Waals surface area contributed by atoms with Gasteiger partial charge in [-0.2, -0.15) is 0 Å². The third-order valence-electron chi connectivity index (χ3n) is 2.15. The van der Waals surface area contributed by atoms with E-state index in [4.69, 9.17) is 6.57 Å². The van der Waals surface area contributed by atoms with Crippen LogP contribution in [0.2, 0.25) is 0 Å². The smallest absolute Gasteiger partial charge is 0.220 e. The summed E-state index contributed by atoms with van der Waals surface area (Å²) in [5.41, 5.74) is 2.25. The lowest BCUT2D eigenvalue weighted by Gasteiger charge is -1.91. The monoisotopic (exact) mass is 248 g/mol. The van der Waals surface area contributed by atoms with E-state index in [0.29, 0.717) is 6.54 Å². The van der Waals surface area contributed by atoms with E-state index in [-0.39, 0.29) is 0 Å². The second-order valence-corrected chi connectivity index (χ2v) is 3.98. The van der Waals surface area contributed by atoms with Gasteiger partial charge in [-0.15, -0.1) is 0 Å². The lowest BCUT2D eigenvalue weighted by molar-refractivity contribution is 1.03.